The van der Waals surface area contributed by atoms with Gasteiger partial charge in [0.15, 0.2) is 0 Å². The highest BCUT2D eigenvalue weighted by molar-refractivity contribution is 7.11. The topological polar surface area (TPSA) is 29.3 Å². The molecule has 1 aromatic heterocycles. The van der Waals surface area contributed by atoms with E-state index in [1.54, 1.807) is 0 Å². The van der Waals surface area contributed by atoms with Gasteiger partial charge in [0.2, 0.25) is 0 Å². The Morgan fingerprint density at radius 3 is 2.86 bits per heavy atom. The highest BCUT2D eigenvalue weighted by Gasteiger charge is 2.19. The Morgan fingerprint density at radius 1 is 1.50 bits per heavy atom. The summed E-state index contributed by atoms with van der Waals surface area (Å²) < 4.78 is 0. The fraction of sp³-hybridized carbons (Fsp3) is 0.636. The maximum Gasteiger partial charge on any atom is 0.0328 e. The van der Waals surface area contributed by atoms with Gasteiger partial charge in [0.05, 0.1) is 0 Å². The molecule has 14 heavy (non-hydrogen) atoms. The van der Waals surface area contributed by atoms with Gasteiger partial charge in [0.25, 0.3) is 0 Å². The van der Waals surface area contributed by atoms with Crippen LogP contribution < -0.4 is 5.73 Å². The Balaban J connectivity index is 1.90. The molecule has 2 heterocycles. The molecule has 1 aliphatic heterocycles. The molecule has 0 aromatic carbocycles. The molecule has 78 valence electrons. The van der Waals surface area contributed by atoms with E-state index < -0.39 is 0 Å². The molecule has 0 bridgehead atoms. The molecule has 1 aliphatic rings. The summed E-state index contributed by atoms with van der Waals surface area (Å²) in [6, 6.07) is 4.91. The number of nitrogens with two attached hydrogens (primary N) is 1. The minimum Gasteiger partial charge on any atom is -0.326 e. The molecule has 0 unspecified atom stereocenters. The molecule has 0 saturated carbocycles. The number of hydrogen-bond acceptors (Lipinski definition) is 3. The van der Waals surface area contributed by atoms with E-state index in [1.165, 1.54) is 16.3 Å². The second-order valence-corrected chi connectivity index (χ2v) is 5.26. The second-order valence-electron chi connectivity index (χ2n) is 4.01. The van der Waals surface area contributed by atoms with E-state index in [0.717, 1.165) is 25.9 Å². The van der Waals surface area contributed by atoms with Crippen molar-refractivity contribution in [1.82, 2.24) is 4.90 Å². The molecule has 1 fully saturated rings. The Hall–Kier alpha value is -0.380. The first-order valence-electron chi connectivity index (χ1n) is 5.33. The van der Waals surface area contributed by atoms with E-state index in [0.29, 0.717) is 6.04 Å². The maximum absolute atomic E-state index is 5.87. The van der Waals surface area contributed by atoms with Crippen molar-refractivity contribution in [3.8, 4) is 0 Å². The van der Waals surface area contributed by atoms with Crippen LogP contribution in [-0.2, 0) is 13.0 Å². The van der Waals surface area contributed by atoms with Crippen LogP contribution in [-0.4, -0.2) is 24.0 Å². The largest absolute Gasteiger partial charge is 0.326 e. The Bertz CT molecular complexity index is 295. The SMILES string of the molecule is CCc1ccc(CN2CC[C@H](N)C2)s1. The number of hydrogen-bond donors (Lipinski definition) is 1. The quantitative estimate of drug-likeness (QED) is 0.825. The zero-order valence-electron chi connectivity index (χ0n) is 8.70. The van der Waals surface area contributed by atoms with Crippen molar-refractivity contribution in [3.05, 3.63) is 21.9 Å². The molecule has 1 aromatic rings. The van der Waals surface area contributed by atoms with Crippen molar-refractivity contribution in [2.75, 3.05) is 13.1 Å². The van der Waals surface area contributed by atoms with E-state index in [1.807, 2.05) is 11.3 Å². The first-order chi connectivity index (χ1) is 6.78. The van der Waals surface area contributed by atoms with Crippen LogP contribution in [0, 0.1) is 0 Å². The van der Waals surface area contributed by atoms with Gasteiger partial charge in [-0.1, -0.05) is 6.92 Å². The first kappa shape index (κ1) is 10.1. The van der Waals surface area contributed by atoms with Crippen LogP contribution in [0.2, 0.25) is 0 Å². The van der Waals surface area contributed by atoms with Gasteiger partial charge in [0, 0.05) is 35.4 Å². The lowest BCUT2D eigenvalue weighted by Crippen LogP contribution is -2.25. The van der Waals surface area contributed by atoms with Gasteiger partial charge in [0.1, 0.15) is 0 Å². The van der Waals surface area contributed by atoms with E-state index in [-0.39, 0.29) is 0 Å². The standard InChI is InChI=1S/C11H18N2S/c1-2-10-3-4-11(14-10)8-13-6-5-9(12)7-13/h3-4,9H,2,5-8,12H2,1H3/t9-/m0/s1. The Labute approximate surface area is 89.7 Å². The fourth-order valence-electron chi connectivity index (χ4n) is 1.92. The zero-order chi connectivity index (χ0) is 9.97. The minimum atomic E-state index is 0.403. The normalized spacial score (nSPS) is 23.1. The lowest BCUT2D eigenvalue weighted by Gasteiger charge is -2.13. The van der Waals surface area contributed by atoms with Crippen molar-refractivity contribution >= 4 is 11.3 Å². The highest BCUT2D eigenvalue weighted by atomic mass is 32.1. The van der Waals surface area contributed by atoms with Crippen LogP contribution in [0.3, 0.4) is 0 Å². The summed E-state index contributed by atoms with van der Waals surface area (Å²) in [5.74, 6) is 0. The molecule has 0 spiro atoms. The third-order valence-electron chi connectivity index (χ3n) is 2.75. The Morgan fingerprint density at radius 2 is 2.29 bits per heavy atom. The van der Waals surface area contributed by atoms with Gasteiger partial charge in [-0.15, -0.1) is 11.3 Å². The average molecular weight is 210 g/mol. The van der Waals surface area contributed by atoms with Crippen molar-refractivity contribution < 1.29 is 0 Å². The summed E-state index contributed by atoms with van der Waals surface area (Å²) in [7, 11) is 0. The molecule has 2 rings (SSSR count). The van der Waals surface area contributed by atoms with Gasteiger partial charge < -0.3 is 5.73 Å². The molecule has 1 saturated heterocycles. The number of rotatable bonds is 3. The van der Waals surface area contributed by atoms with E-state index in [2.05, 4.69) is 24.0 Å². The average Bonchev–Trinajstić information content (AvgIpc) is 2.76. The molecular formula is C11H18N2S. The van der Waals surface area contributed by atoms with E-state index in [4.69, 9.17) is 5.73 Å². The summed E-state index contributed by atoms with van der Waals surface area (Å²) in [5.41, 5.74) is 5.87. The van der Waals surface area contributed by atoms with Crippen LogP contribution in [0.4, 0.5) is 0 Å². The molecular weight excluding hydrogens is 192 g/mol. The lowest BCUT2D eigenvalue weighted by molar-refractivity contribution is 0.330. The smallest absolute Gasteiger partial charge is 0.0328 e. The van der Waals surface area contributed by atoms with Crippen LogP contribution >= 0.6 is 11.3 Å². The zero-order valence-corrected chi connectivity index (χ0v) is 9.52. The molecule has 0 aliphatic carbocycles. The Kier molecular flexibility index (Phi) is 3.21. The number of aryl methyl sites for hydroxylation is 1. The summed E-state index contributed by atoms with van der Waals surface area (Å²) in [6.45, 7) is 5.54. The van der Waals surface area contributed by atoms with Gasteiger partial charge in [-0.3, -0.25) is 4.90 Å². The maximum atomic E-state index is 5.87. The van der Waals surface area contributed by atoms with Gasteiger partial charge in [-0.05, 0) is 25.0 Å². The van der Waals surface area contributed by atoms with Gasteiger partial charge in [-0.25, -0.2) is 0 Å². The molecule has 2 nitrogen and oxygen atoms in total. The molecule has 2 N–H and O–H groups in total. The number of nitrogens with zero attached hydrogens (tertiary/aromatic N) is 1. The van der Waals surface area contributed by atoms with Crippen LogP contribution in [0.5, 0.6) is 0 Å². The monoisotopic (exact) mass is 210 g/mol. The first-order valence-corrected chi connectivity index (χ1v) is 6.15. The van der Waals surface area contributed by atoms with Crippen LogP contribution in [0.1, 0.15) is 23.1 Å². The van der Waals surface area contributed by atoms with Crippen LogP contribution in [0.15, 0.2) is 12.1 Å². The highest BCUT2D eigenvalue weighted by Crippen LogP contribution is 2.20. The van der Waals surface area contributed by atoms with Crippen LogP contribution in [0.25, 0.3) is 0 Å². The van der Waals surface area contributed by atoms with Gasteiger partial charge >= 0.3 is 0 Å². The number of thiophene rings is 1. The third kappa shape index (κ3) is 2.35. The van der Waals surface area contributed by atoms with Crippen molar-refractivity contribution in [3.63, 3.8) is 0 Å². The fourth-order valence-corrected chi connectivity index (χ4v) is 2.92. The summed E-state index contributed by atoms with van der Waals surface area (Å²) in [6.07, 6.45) is 2.32. The van der Waals surface area contributed by atoms with Gasteiger partial charge in [-0.2, -0.15) is 0 Å². The molecule has 3 heteroatoms. The van der Waals surface area contributed by atoms with Crippen molar-refractivity contribution in [1.29, 1.82) is 0 Å². The van der Waals surface area contributed by atoms with Crippen molar-refractivity contribution in [2.24, 2.45) is 5.73 Å². The molecule has 0 amide bonds. The van der Waals surface area contributed by atoms with Crippen molar-refractivity contribution in [2.45, 2.75) is 32.4 Å². The predicted octanol–water partition coefficient (Wildman–Crippen LogP) is 1.84. The minimum absolute atomic E-state index is 0.403. The lowest BCUT2D eigenvalue weighted by atomic mass is 10.3. The summed E-state index contributed by atoms with van der Waals surface area (Å²) in [5, 5.41) is 0. The number of likely N-dealkylation sites (tertiary alicyclic amines) is 1. The molecule has 0 radical (unpaired) electrons. The summed E-state index contributed by atoms with van der Waals surface area (Å²) in [4.78, 5) is 5.43. The third-order valence-corrected chi connectivity index (χ3v) is 3.97. The molecule has 1 atom stereocenters. The summed E-state index contributed by atoms with van der Waals surface area (Å²) >= 11 is 1.94. The van der Waals surface area contributed by atoms with E-state index in [9.17, 15) is 0 Å². The van der Waals surface area contributed by atoms with E-state index >= 15 is 0 Å². The predicted molar refractivity (Wildman–Crippen MR) is 61.6 cm³/mol. The second kappa shape index (κ2) is 4.43.